The molecule has 0 amide bonds. The molecule has 34 nitrogen and oxygen atoms in total. The van der Waals surface area contributed by atoms with Gasteiger partial charge in [0.15, 0.2) is 27.1 Å². The van der Waals surface area contributed by atoms with Crippen molar-refractivity contribution in [2.45, 2.75) is 242 Å². The Morgan fingerprint density at radius 2 is 0.704 bits per heavy atom. The summed E-state index contributed by atoms with van der Waals surface area (Å²) in [6.45, 7) is 32.1. The Balaban J connectivity index is 0.00000174. The second-order valence-corrected chi connectivity index (χ2v) is 40.0. The summed E-state index contributed by atoms with van der Waals surface area (Å²) in [7, 11) is -2.04. The summed E-state index contributed by atoms with van der Waals surface area (Å²) in [6.07, 6.45) is 4.06. The number of rotatable bonds is 38. The lowest BCUT2D eigenvalue weighted by molar-refractivity contribution is -0.175. The number of nitrogens with one attached hydrogen (secondary N) is 1. The largest absolute Gasteiger partial charge is 0.480 e. The fourth-order valence-corrected chi connectivity index (χ4v) is 15.0. The molecular formula is C107H150N4O30S. The first-order valence-corrected chi connectivity index (χ1v) is 45.7. The van der Waals surface area contributed by atoms with Crippen LogP contribution in [0.1, 0.15) is 229 Å². The number of ether oxygens (including phenoxy) is 8. The van der Waals surface area contributed by atoms with E-state index in [-0.39, 0.29) is 101 Å². The van der Waals surface area contributed by atoms with E-state index in [9.17, 15) is 107 Å². The van der Waals surface area contributed by atoms with Crippen molar-refractivity contribution in [1.29, 1.82) is 0 Å². The smallest absolute Gasteiger partial charge is 0.338 e. The maximum absolute atomic E-state index is 12.7. The van der Waals surface area contributed by atoms with Gasteiger partial charge >= 0.3 is 65.7 Å². The summed E-state index contributed by atoms with van der Waals surface area (Å²) in [6, 6.07) is 46.4. The van der Waals surface area contributed by atoms with Crippen molar-refractivity contribution in [3.8, 4) is 33.5 Å². The fraction of sp³-hybridized carbons (Fsp3) is 0.477. The molecule has 3 heterocycles. The number of carbonyl (C=O) groups is 12. The van der Waals surface area contributed by atoms with E-state index in [4.69, 9.17) is 33.2 Å². The molecule has 9 N–H and O–H groups in total. The van der Waals surface area contributed by atoms with E-state index in [2.05, 4.69) is 19.9 Å². The normalized spacial score (nSPS) is 12.9. The van der Waals surface area contributed by atoms with E-state index in [0.717, 1.165) is 45.6 Å². The number of carbonyl (C=O) groups excluding carboxylic acids is 4. The molecule has 9 rings (SSSR count). The van der Waals surface area contributed by atoms with Crippen LogP contribution in [0.25, 0.3) is 33.5 Å². The average Bonchev–Trinajstić information content (AvgIpc) is 0.801. The third kappa shape index (κ3) is 37.5. The molecular weight excluding hydrogens is 1850 g/mol. The van der Waals surface area contributed by atoms with Crippen molar-refractivity contribution < 1.29 is 145 Å². The highest BCUT2D eigenvalue weighted by atomic mass is 32.2. The topological polar surface area (TPSA) is 519 Å². The summed E-state index contributed by atoms with van der Waals surface area (Å²) in [5.74, 6) is -13.2. The Morgan fingerprint density at radius 1 is 0.387 bits per heavy atom. The molecule has 1 aliphatic rings. The van der Waals surface area contributed by atoms with Gasteiger partial charge in [0.25, 0.3) is 0 Å². The number of aromatic amines is 1. The molecule has 6 aromatic carbocycles. The van der Waals surface area contributed by atoms with Gasteiger partial charge in [-0.3, -0.25) is 62.3 Å². The first-order valence-electron chi connectivity index (χ1n) is 44.1. The van der Waals surface area contributed by atoms with Gasteiger partial charge in [0.05, 0.1) is 116 Å². The number of esters is 3. The number of H-pyrrole nitrogens is 1. The second-order valence-electron chi connectivity index (χ2n) is 37.9. The molecule has 0 saturated carbocycles. The zero-order valence-corrected chi connectivity index (χ0v) is 82.2. The van der Waals surface area contributed by atoms with Gasteiger partial charge in [-0.15, -0.1) is 0 Å². The molecule has 35 heteroatoms. The zero-order chi connectivity index (χ0) is 103. The van der Waals surface area contributed by atoms with Crippen LogP contribution in [0.2, 0.25) is 0 Å². The Labute approximate surface area is 835 Å². The molecule has 1 unspecified atom stereocenters. The van der Waals surface area contributed by atoms with E-state index >= 15 is 0 Å². The number of anilines is 1. The number of aryl methyl sites for hydroxylation is 1. The molecule has 0 spiro atoms. The number of nitrogens with zero attached hydrogens (tertiary/aromatic N) is 3. The summed E-state index contributed by atoms with van der Waals surface area (Å²) in [5.41, 5.74) is -2.85. The quantitative estimate of drug-likeness (QED) is 0.00986. The average molecular weight is 2000 g/mol. The highest BCUT2D eigenvalue weighted by molar-refractivity contribution is 7.92. The number of hydrogen-bond donors (Lipinski definition) is 9. The SMILES string of the molecule is C.C.C.C.C.CC(C)(C)OCC(Cc1ccc(-c2ccccn2)cc1)(C(=O)O)C(=O)O.CC(C)(C)OCC(Cc1ccc(N2CCCCS2(=O)=O)cc1)(C(=O)O)C(=O)O.CCOC(=O)C(COC(C)(C)C)(Cc1ccc(C(=O)OC)cc1)C(C)=O.CCOC(=O)c1ccccc1-c1ccc(CC(COC(C)(C)C)(C(=O)O)C(=O)O)cc1.Cc1[nH]ncc1-c1ccc(CC(COC(C)(C)C)(C(=O)O)C(=O)O)cc1. The summed E-state index contributed by atoms with van der Waals surface area (Å²) < 4.78 is 68.5. The van der Waals surface area contributed by atoms with Crippen molar-refractivity contribution in [2.75, 3.05) is 70.0 Å². The van der Waals surface area contributed by atoms with Crippen molar-refractivity contribution in [3.63, 3.8) is 0 Å². The van der Waals surface area contributed by atoms with Crippen LogP contribution in [-0.4, -0.2) is 230 Å². The van der Waals surface area contributed by atoms with Crippen LogP contribution in [-0.2, 0) is 128 Å². The lowest BCUT2D eigenvalue weighted by atomic mass is 9.78. The van der Waals surface area contributed by atoms with Gasteiger partial charge in [0.2, 0.25) is 10.0 Å². The zero-order valence-electron chi connectivity index (χ0n) is 81.4. The first kappa shape index (κ1) is 129. The number of aliphatic carboxylic acids is 8. The van der Waals surface area contributed by atoms with Crippen molar-refractivity contribution in [3.05, 3.63) is 221 Å². The van der Waals surface area contributed by atoms with E-state index in [1.54, 1.807) is 243 Å². The van der Waals surface area contributed by atoms with Gasteiger partial charge in [-0.2, -0.15) is 5.10 Å². The highest BCUT2D eigenvalue weighted by Gasteiger charge is 2.53. The Bertz CT molecular complexity index is 5490. The minimum absolute atomic E-state index is 0. The number of Topliss-reactive ketones (excluding diaryl/α,β-unsaturated/α-hetero) is 1. The molecule has 2 aromatic heterocycles. The number of benzene rings is 6. The van der Waals surface area contributed by atoms with Crippen molar-refractivity contribution in [1.82, 2.24) is 15.2 Å². The standard InChI is InChI=1S/C24H28O7.C20H23NO5.C20H28O6.C19H24N2O5.C19H27NO7S.5CH4/c1-5-30-20(25)19-9-7-6-8-18(19)17-12-10-16(11-13-17)14-24(21(26)27,22(28)29)15-31-23(2,3)4;1-19(2,3)26-13-20(17(22)23,18(24)25)12-14-7-9-15(10-8-14)16-6-4-5-11-21-16;1-7-25-18(23)20(14(2)21,13-26-19(3,4)5)12-15-8-10-16(11-9-15)17(22)24-6;1-12-15(10-20-21-12)14-7-5-13(6-8-14)9-19(16(22)23,17(24)25)11-26-18(2,3)4;1-18(2,3)27-13-19(16(21)22,17(23)24)12-14-6-8-15(9-7-14)20-10-4-5-11-28(20,25)26;;;;;/h6-13H,5,14-15H2,1-4H3,(H,26,27)(H,28,29);4-11H,12-13H2,1-3H3,(H,22,23)(H,24,25);8-11H,7,12-13H2,1-6H3;5-8,10H,9,11H2,1-4H3,(H,20,21)(H,22,23)(H,24,25);6-9H,4-5,10-13H2,1-3H3,(H,21,22)(H,23,24);5*1H4. The fourth-order valence-electron chi connectivity index (χ4n) is 13.4. The van der Waals surface area contributed by atoms with Gasteiger partial charge in [-0.1, -0.05) is 158 Å². The van der Waals surface area contributed by atoms with Crippen LogP contribution < -0.4 is 4.31 Å². The van der Waals surface area contributed by atoms with Crippen molar-refractivity contribution >= 4 is 87.2 Å². The van der Waals surface area contributed by atoms with Gasteiger partial charge in [0.1, 0.15) is 5.78 Å². The maximum atomic E-state index is 12.7. The Kier molecular flexibility index (Phi) is 50.4. The minimum Gasteiger partial charge on any atom is -0.480 e. The molecule has 142 heavy (non-hydrogen) atoms. The van der Waals surface area contributed by atoms with E-state index in [1.807, 2.05) is 58.0 Å². The second kappa shape index (κ2) is 55.5. The third-order valence-corrected chi connectivity index (χ3v) is 23.4. The molecule has 1 saturated heterocycles. The van der Waals surface area contributed by atoms with Gasteiger partial charge in [0, 0.05) is 55.2 Å². The minimum atomic E-state index is -3.35. The Hall–Kier alpha value is -12.9. The molecule has 1 fully saturated rings. The highest BCUT2D eigenvalue weighted by Crippen LogP contribution is 2.37. The number of carboxylic acid groups (broad SMARTS) is 8. The lowest BCUT2D eigenvalue weighted by Crippen LogP contribution is -2.47. The monoisotopic (exact) mass is 2000 g/mol. The molecule has 784 valence electrons. The van der Waals surface area contributed by atoms with Crippen LogP contribution in [0.4, 0.5) is 5.69 Å². The van der Waals surface area contributed by atoms with E-state index < -0.39 is 157 Å². The summed E-state index contributed by atoms with van der Waals surface area (Å²) in [5, 5.41) is 84.0. The van der Waals surface area contributed by atoms with Crippen LogP contribution in [0, 0.1) is 34.0 Å². The number of aromatic nitrogens is 3. The number of methoxy groups -OCH3 is 1. The first-order chi connectivity index (χ1) is 63.6. The van der Waals surface area contributed by atoms with Gasteiger partial charge in [-0.25, -0.2) is 18.0 Å². The maximum Gasteiger partial charge on any atom is 0.338 e. The molecule has 0 radical (unpaired) electrons. The van der Waals surface area contributed by atoms with Crippen LogP contribution in [0.15, 0.2) is 176 Å². The van der Waals surface area contributed by atoms with E-state index in [1.165, 1.54) is 18.3 Å². The summed E-state index contributed by atoms with van der Waals surface area (Å²) in [4.78, 5) is 148. The van der Waals surface area contributed by atoms with E-state index in [0.29, 0.717) is 57.6 Å². The molecule has 8 aromatic rings. The van der Waals surface area contributed by atoms with Gasteiger partial charge < -0.3 is 78.7 Å². The number of pyridine rings is 1. The predicted octanol–water partition coefficient (Wildman–Crippen LogP) is 18.5. The molecule has 1 atom stereocenters. The van der Waals surface area contributed by atoms with Crippen LogP contribution in [0.3, 0.4) is 0 Å². The molecule has 0 bridgehead atoms. The number of carboxylic acids is 8. The predicted molar refractivity (Wildman–Crippen MR) is 542 cm³/mol. The van der Waals surface area contributed by atoms with Crippen molar-refractivity contribution in [2.24, 2.45) is 27.1 Å². The number of hydrogen-bond acceptors (Lipinski definition) is 24. The van der Waals surface area contributed by atoms with Crippen LogP contribution in [0.5, 0.6) is 0 Å². The molecule has 0 aliphatic carbocycles. The third-order valence-electron chi connectivity index (χ3n) is 21.5. The lowest BCUT2D eigenvalue weighted by Gasteiger charge is -2.32. The number of sulfonamides is 1. The van der Waals surface area contributed by atoms with Gasteiger partial charge in [-0.05, 0) is 238 Å². The Morgan fingerprint density at radius 3 is 1.01 bits per heavy atom. The molecule has 1 aliphatic heterocycles. The van der Waals surface area contributed by atoms with Crippen LogP contribution >= 0.6 is 0 Å². The number of ketones is 1. The summed E-state index contributed by atoms with van der Waals surface area (Å²) >= 11 is 0.